The van der Waals surface area contributed by atoms with Gasteiger partial charge >= 0.3 is 11.9 Å². The van der Waals surface area contributed by atoms with Crippen LogP contribution in [0.5, 0.6) is 0 Å². The average molecular weight is 747 g/mol. The van der Waals surface area contributed by atoms with Gasteiger partial charge in [-0.25, -0.2) is 9.59 Å². The van der Waals surface area contributed by atoms with Gasteiger partial charge in [0.1, 0.15) is 13.1 Å². The van der Waals surface area contributed by atoms with Gasteiger partial charge in [0, 0.05) is 11.1 Å². The van der Waals surface area contributed by atoms with Gasteiger partial charge < -0.3 is 18.4 Å². The Hall–Kier alpha value is -3.22. The highest BCUT2D eigenvalue weighted by Crippen LogP contribution is 2.17. The standard InChI is InChI=1S/C48H78N2O4/c1-7-9-11-13-15-17-19-23-27-39-53-47(51)45-33-29-43(30-34-45)41-49(3,4)37-25-21-22-26-38-50(5,6)42-44-31-35-46(36-32-44)48(52)54-40-28-24-20-18-16-14-12-10-8-2/h7-8,29-36H,1-2,9-28,37-42H2,3-6H3/q+2. The zero-order valence-electron chi connectivity index (χ0n) is 35.1. The predicted octanol–water partition coefficient (Wildman–Crippen LogP) is 12.0. The number of quaternary nitrogens is 2. The summed E-state index contributed by atoms with van der Waals surface area (Å²) < 4.78 is 12.9. The van der Waals surface area contributed by atoms with E-state index in [1.165, 1.54) is 101 Å². The van der Waals surface area contributed by atoms with Crippen LogP contribution in [0.15, 0.2) is 73.8 Å². The number of carbonyl (C=O) groups excluding carboxylic acids is 2. The van der Waals surface area contributed by atoms with Crippen LogP contribution < -0.4 is 0 Å². The maximum atomic E-state index is 12.5. The van der Waals surface area contributed by atoms with Gasteiger partial charge in [-0.15, -0.1) is 13.2 Å². The summed E-state index contributed by atoms with van der Waals surface area (Å²) in [7, 11) is 9.18. The monoisotopic (exact) mass is 747 g/mol. The van der Waals surface area contributed by atoms with E-state index in [-0.39, 0.29) is 11.9 Å². The molecule has 0 saturated carbocycles. The molecule has 0 radical (unpaired) electrons. The van der Waals surface area contributed by atoms with Gasteiger partial charge in [-0.2, -0.15) is 0 Å². The van der Waals surface area contributed by atoms with Crippen molar-refractivity contribution in [2.24, 2.45) is 0 Å². The molecule has 2 aromatic rings. The third-order valence-electron chi connectivity index (χ3n) is 10.4. The molecule has 0 fully saturated rings. The molecule has 6 nitrogen and oxygen atoms in total. The van der Waals surface area contributed by atoms with E-state index in [9.17, 15) is 9.59 Å². The molecule has 0 heterocycles. The largest absolute Gasteiger partial charge is 0.462 e. The lowest BCUT2D eigenvalue weighted by molar-refractivity contribution is -0.904. The molecule has 0 atom stereocenters. The van der Waals surface area contributed by atoms with Crippen molar-refractivity contribution in [2.75, 3.05) is 54.5 Å². The highest BCUT2D eigenvalue weighted by molar-refractivity contribution is 5.89. The van der Waals surface area contributed by atoms with Crippen molar-refractivity contribution in [1.82, 2.24) is 0 Å². The Bertz CT molecular complexity index is 1200. The molecule has 0 bridgehead atoms. The van der Waals surface area contributed by atoms with Gasteiger partial charge in [-0.05, 0) is 88.5 Å². The van der Waals surface area contributed by atoms with Crippen LogP contribution in [0.25, 0.3) is 0 Å². The SMILES string of the molecule is C=CCCCCCCCCCOC(=O)c1ccc(C[N+](C)(C)CCCCCC[N+](C)(C)Cc2ccc(C(=O)OCCCCCCCCCC=C)cc2)cc1. The smallest absolute Gasteiger partial charge is 0.338 e. The molecule has 0 unspecified atom stereocenters. The number of nitrogens with zero attached hydrogens (tertiary/aromatic N) is 2. The van der Waals surface area contributed by atoms with E-state index in [1.54, 1.807) is 0 Å². The summed E-state index contributed by atoms with van der Waals surface area (Å²) in [6.45, 7) is 12.7. The van der Waals surface area contributed by atoms with Gasteiger partial charge in [-0.3, -0.25) is 0 Å². The Morgan fingerprint density at radius 3 is 1.09 bits per heavy atom. The molecule has 0 aliphatic carbocycles. The topological polar surface area (TPSA) is 52.6 Å². The van der Waals surface area contributed by atoms with Crippen LogP contribution in [0.3, 0.4) is 0 Å². The van der Waals surface area contributed by atoms with Crippen LogP contribution in [0.4, 0.5) is 0 Å². The van der Waals surface area contributed by atoms with Gasteiger partial charge in [-0.1, -0.05) is 101 Å². The van der Waals surface area contributed by atoms with E-state index in [2.05, 4.69) is 65.6 Å². The zero-order chi connectivity index (χ0) is 39.3. The number of hydrogen-bond donors (Lipinski definition) is 0. The number of benzene rings is 2. The Morgan fingerprint density at radius 2 is 0.759 bits per heavy atom. The molecule has 0 N–H and O–H groups in total. The summed E-state index contributed by atoms with van der Waals surface area (Å²) in [4.78, 5) is 25.0. The van der Waals surface area contributed by atoms with Crippen molar-refractivity contribution in [1.29, 1.82) is 0 Å². The van der Waals surface area contributed by atoms with Gasteiger partial charge in [0.2, 0.25) is 0 Å². The van der Waals surface area contributed by atoms with Crippen LogP contribution in [0.2, 0.25) is 0 Å². The Kier molecular flexibility index (Phi) is 24.5. The summed E-state index contributed by atoms with van der Waals surface area (Å²) in [5.41, 5.74) is 3.78. The first-order valence-electron chi connectivity index (χ1n) is 21.4. The third kappa shape index (κ3) is 22.9. The summed E-state index contributed by atoms with van der Waals surface area (Å²) in [5, 5.41) is 0. The van der Waals surface area contributed by atoms with Crippen molar-refractivity contribution in [3.63, 3.8) is 0 Å². The Balaban J connectivity index is 1.56. The number of rotatable bonds is 33. The minimum atomic E-state index is -0.213. The molecular weight excluding hydrogens is 669 g/mol. The number of esters is 2. The minimum Gasteiger partial charge on any atom is -0.462 e. The second-order valence-electron chi connectivity index (χ2n) is 16.8. The van der Waals surface area contributed by atoms with E-state index in [4.69, 9.17) is 9.47 Å². The molecule has 2 rings (SSSR count). The Labute approximate surface area is 331 Å². The second kappa shape index (κ2) is 28.2. The number of allylic oxidation sites excluding steroid dienone is 2. The normalized spacial score (nSPS) is 11.7. The highest BCUT2D eigenvalue weighted by Gasteiger charge is 2.18. The molecule has 0 aromatic heterocycles. The van der Waals surface area contributed by atoms with Crippen LogP contribution >= 0.6 is 0 Å². The lowest BCUT2D eigenvalue weighted by atomic mass is 10.1. The number of hydrogen-bond acceptors (Lipinski definition) is 4. The molecule has 0 aliphatic rings. The van der Waals surface area contributed by atoms with E-state index >= 15 is 0 Å². The van der Waals surface area contributed by atoms with Crippen molar-refractivity contribution in [3.8, 4) is 0 Å². The van der Waals surface area contributed by atoms with Crippen LogP contribution in [0, 0.1) is 0 Å². The van der Waals surface area contributed by atoms with Crippen LogP contribution in [-0.4, -0.2) is 75.4 Å². The first-order valence-corrected chi connectivity index (χ1v) is 21.4. The third-order valence-corrected chi connectivity index (χ3v) is 10.4. The maximum Gasteiger partial charge on any atom is 0.338 e. The van der Waals surface area contributed by atoms with E-state index < -0.39 is 0 Å². The fourth-order valence-electron chi connectivity index (χ4n) is 7.12. The zero-order valence-corrected chi connectivity index (χ0v) is 35.1. The fourth-order valence-corrected chi connectivity index (χ4v) is 7.12. The summed E-state index contributed by atoms with van der Waals surface area (Å²) in [5.74, 6) is -0.427. The summed E-state index contributed by atoms with van der Waals surface area (Å²) in [6.07, 6.45) is 27.8. The number of ether oxygens (including phenoxy) is 2. The maximum absolute atomic E-state index is 12.5. The van der Waals surface area contributed by atoms with Gasteiger partial charge in [0.25, 0.3) is 0 Å². The minimum absolute atomic E-state index is 0.213. The first-order chi connectivity index (χ1) is 26.0. The van der Waals surface area contributed by atoms with Crippen LogP contribution in [-0.2, 0) is 22.6 Å². The van der Waals surface area contributed by atoms with E-state index in [0.717, 1.165) is 73.7 Å². The molecule has 0 spiro atoms. The van der Waals surface area contributed by atoms with Gasteiger partial charge in [0.05, 0.1) is 65.6 Å². The number of unbranched alkanes of at least 4 members (excludes halogenated alkanes) is 17. The average Bonchev–Trinajstić information content (AvgIpc) is 3.14. The summed E-state index contributed by atoms with van der Waals surface area (Å²) in [6, 6.07) is 16.0. The van der Waals surface area contributed by atoms with Crippen molar-refractivity contribution in [3.05, 3.63) is 96.1 Å². The second-order valence-corrected chi connectivity index (χ2v) is 16.8. The van der Waals surface area contributed by atoms with Gasteiger partial charge in [0.15, 0.2) is 0 Å². The van der Waals surface area contributed by atoms with Crippen molar-refractivity contribution in [2.45, 2.75) is 142 Å². The molecule has 6 heteroatoms. The van der Waals surface area contributed by atoms with Crippen LogP contribution in [0.1, 0.15) is 160 Å². The molecule has 0 amide bonds. The first kappa shape index (κ1) is 46.9. The van der Waals surface area contributed by atoms with Crippen molar-refractivity contribution < 1.29 is 28.0 Å². The number of carbonyl (C=O) groups is 2. The molecule has 0 saturated heterocycles. The van der Waals surface area contributed by atoms with Crippen molar-refractivity contribution >= 4 is 11.9 Å². The predicted molar refractivity (Wildman–Crippen MR) is 228 cm³/mol. The quantitative estimate of drug-likeness (QED) is 0.0316. The molecular formula is C48H78N2O4+2. The fraction of sp³-hybridized carbons (Fsp3) is 0.625. The van der Waals surface area contributed by atoms with E-state index in [0.29, 0.717) is 24.3 Å². The lowest BCUT2D eigenvalue weighted by Gasteiger charge is -2.31. The molecule has 302 valence electrons. The Morgan fingerprint density at radius 1 is 0.463 bits per heavy atom. The lowest BCUT2D eigenvalue weighted by Crippen LogP contribution is -2.40. The molecule has 54 heavy (non-hydrogen) atoms. The summed E-state index contributed by atoms with van der Waals surface area (Å²) >= 11 is 0. The molecule has 0 aliphatic heterocycles. The highest BCUT2D eigenvalue weighted by atomic mass is 16.5. The molecule has 2 aromatic carbocycles. The van der Waals surface area contributed by atoms with E-state index in [1.807, 2.05) is 36.4 Å².